The first kappa shape index (κ1) is 22.2. The van der Waals surface area contributed by atoms with Gasteiger partial charge in [-0.25, -0.2) is 13.8 Å². The number of fused-ring (bicyclic) bond motifs is 3. The first-order valence-corrected chi connectivity index (χ1v) is 10.6. The Balaban J connectivity index is 1.42. The number of carbonyl (C=O) groups is 1. The SMILES string of the molecule is O=C(c1cccc(F)c1-n1nccn1)N1CC2CCC1C(Oc1ncc(C(F)(F)F)cc1F)C2. The monoisotopic (exact) mass is 479 g/mol. The minimum absolute atomic E-state index is 0.0382. The van der Waals surface area contributed by atoms with E-state index in [0.29, 0.717) is 31.6 Å². The van der Waals surface area contributed by atoms with E-state index in [4.69, 9.17) is 4.74 Å². The van der Waals surface area contributed by atoms with Crippen LogP contribution in [0.1, 0.15) is 35.2 Å². The van der Waals surface area contributed by atoms with Crippen LogP contribution in [0.3, 0.4) is 0 Å². The summed E-state index contributed by atoms with van der Waals surface area (Å²) in [5, 5.41) is 7.86. The van der Waals surface area contributed by atoms with Crippen LogP contribution >= 0.6 is 0 Å². The van der Waals surface area contributed by atoms with Gasteiger partial charge >= 0.3 is 6.18 Å². The maximum absolute atomic E-state index is 14.6. The number of alkyl halides is 3. The van der Waals surface area contributed by atoms with Gasteiger partial charge in [0.2, 0.25) is 0 Å². The van der Waals surface area contributed by atoms with Crippen LogP contribution < -0.4 is 4.74 Å². The van der Waals surface area contributed by atoms with Gasteiger partial charge in [-0.1, -0.05) is 6.07 Å². The lowest BCUT2D eigenvalue weighted by atomic mass is 9.77. The molecule has 4 heterocycles. The molecule has 3 fully saturated rings. The van der Waals surface area contributed by atoms with Crippen LogP contribution in [0.15, 0.2) is 42.9 Å². The summed E-state index contributed by atoms with van der Waals surface area (Å²) in [6.45, 7) is 0.398. The second kappa shape index (κ2) is 8.33. The molecule has 7 nitrogen and oxygen atoms in total. The Morgan fingerprint density at radius 1 is 1.09 bits per heavy atom. The first-order chi connectivity index (χ1) is 16.2. The van der Waals surface area contributed by atoms with Gasteiger partial charge in [-0.2, -0.15) is 23.4 Å². The molecule has 2 bridgehead atoms. The zero-order chi connectivity index (χ0) is 24.0. The van der Waals surface area contributed by atoms with E-state index in [0.717, 1.165) is 11.2 Å². The number of nitrogens with zero attached hydrogens (tertiary/aromatic N) is 5. The molecule has 3 unspecified atom stereocenters. The minimum atomic E-state index is -4.73. The maximum Gasteiger partial charge on any atom is 0.417 e. The Kier molecular flexibility index (Phi) is 5.45. The number of piperidine rings is 2. The molecule has 1 aliphatic carbocycles. The number of carbonyl (C=O) groups excluding carboxylic acids is 1. The molecule has 6 rings (SSSR count). The molecule has 0 radical (unpaired) electrons. The van der Waals surface area contributed by atoms with Crippen molar-refractivity contribution in [1.29, 1.82) is 0 Å². The average molecular weight is 479 g/mol. The number of halogens is 5. The molecular weight excluding hydrogens is 461 g/mol. The molecule has 1 aromatic carbocycles. The first-order valence-electron chi connectivity index (χ1n) is 10.6. The number of ether oxygens (including phenoxy) is 1. The van der Waals surface area contributed by atoms with E-state index in [1.54, 1.807) is 4.90 Å². The van der Waals surface area contributed by atoms with Crippen LogP contribution in [-0.2, 0) is 6.18 Å². The fraction of sp³-hybridized carbons (Fsp3) is 0.364. The highest BCUT2D eigenvalue weighted by molar-refractivity contribution is 5.98. The lowest BCUT2D eigenvalue weighted by molar-refractivity contribution is -0.138. The molecule has 2 aliphatic heterocycles. The standard InChI is InChI=1S/C22H18F5N5O2/c23-15-3-1-2-14(19(15)32-29-6-7-30-32)21(33)31-11-12-4-5-17(31)18(8-12)34-20-16(24)9-13(10-28-20)22(25,26)27/h1-3,6-7,9-10,12,17-18H,4-5,8,11H2. The van der Waals surface area contributed by atoms with Crippen molar-refractivity contribution in [3.05, 3.63) is 65.6 Å². The fourth-order valence-corrected chi connectivity index (χ4v) is 4.68. The third-order valence-corrected chi connectivity index (χ3v) is 6.22. The van der Waals surface area contributed by atoms with E-state index in [1.807, 2.05) is 0 Å². The van der Waals surface area contributed by atoms with Crippen molar-refractivity contribution in [3.63, 3.8) is 0 Å². The Hall–Kier alpha value is -3.57. The van der Waals surface area contributed by atoms with Crippen molar-refractivity contribution >= 4 is 5.91 Å². The van der Waals surface area contributed by atoms with Crippen molar-refractivity contribution in [2.45, 2.75) is 37.6 Å². The zero-order valence-electron chi connectivity index (χ0n) is 17.5. The highest BCUT2D eigenvalue weighted by Gasteiger charge is 2.45. The number of para-hydroxylation sites is 1. The largest absolute Gasteiger partial charge is 0.470 e. The van der Waals surface area contributed by atoms with Crippen molar-refractivity contribution in [2.24, 2.45) is 5.92 Å². The van der Waals surface area contributed by atoms with Crippen molar-refractivity contribution in [2.75, 3.05) is 6.54 Å². The van der Waals surface area contributed by atoms with Gasteiger partial charge in [-0.15, -0.1) is 4.80 Å². The number of benzene rings is 1. The number of pyridine rings is 1. The second-order valence-corrected chi connectivity index (χ2v) is 8.32. The van der Waals surface area contributed by atoms with Crippen LogP contribution in [-0.4, -0.2) is 49.5 Å². The Morgan fingerprint density at radius 3 is 2.53 bits per heavy atom. The summed E-state index contributed by atoms with van der Waals surface area (Å²) in [5.41, 5.74) is -1.25. The Morgan fingerprint density at radius 2 is 1.85 bits per heavy atom. The van der Waals surface area contributed by atoms with Crippen LogP contribution in [0.25, 0.3) is 5.69 Å². The van der Waals surface area contributed by atoms with Gasteiger partial charge in [0, 0.05) is 12.7 Å². The number of aromatic nitrogens is 4. The third kappa shape index (κ3) is 3.97. The highest BCUT2D eigenvalue weighted by Crippen LogP contribution is 2.39. The normalized spacial score (nSPS) is 22.1. The molecule has 1 amide bonds. The summed E-state index contributed by atoms with van der Waals surface area (Å²) < 4.78 is 73.1. The van der Waals surface area contributed by atoms with Crippen molar-refractivity contribution in [1.82, 2.24) is 24.9 Å². The molecule has 3 aliphatic rings. The molecule has 1 saturated carbocycles. The summed E-state index contributed by atoms with van der Waals surface area (Å²) in [7, 11) is 0. The molecular formula is C22H18F5N5O2. The van der Waals surface area contributed by atoms with Gasteiger partial charge in [0.15, 0.2) is 11.6 Å². The average Bonchev–Trinajstić information content (AvgIpc) is 3.34. The maximum atomic E-state index is 14.6. The van der Waals surface area contributed by atoms with Crippen LogP contribution in [0.2, 0.25) is 0 Å². The minimum Gasteiger partial charge on any atom is -0.470 e. The van der Waals surface area contributed by atoms with E-state index in [1.165, 1.54) is 30.6 Å². The van der Waals surface area contributed by atoms with E-state index in [2.05, 4.69) is 15.2 Å². The number of amides is 1. The van der Waals surface area contributed by atoms with Crippen molar-refractivity contribution < 1.29 is 31.5 Å². The van der Waals surface area contributed by atoms with Crippen LogP contribution in [0.4, 0.5) is 22.0 Å². The number of hydrogen-bond acceptors (Lipinski definition) is 5. The number of hydrogen-bond donors (Lipinski definition) is 0. The Labute approximate surface area is 190 Å². The van der Waals surface area contributed by atoms with E-state index < -0.39 is 47.3 Å². The molecule has 12 heteroatoms. The van der Waals surface area contributed by atoms with E-state index in [9.17, 15) is 26.7 Å². The highest BCUT2D eigenvalue weighted by atomic mass is 19.4. The van der Waals surface area contributed by atoms with E-state index in [-0.39, 0.29) is 17.2 Å². The smallest absolute Gasteiger partial charge is 0.417 e. The zero-order valence-corrected chi connectivity index (χ0v) is 17.5. The van der Waals surface area contributed by atoms with Gasteiger partial charge in [0.25, 0.3) is 11.8 Å². The predicted octanol–water partition coefficient (Wildman–Crippen LogP) is 4.03. The predicted molar refractivity (Wildman–Crippen MR) is 107 cm³/mol. The quantitative estimate of drug-likeness (QED) is 0.529. The van der Waals surface area contributed by atoms with Gasteiger partial charge in [0.1, 0.15) is 11.8 Å². The lowest BCUT2D eigenvalue weighted by Crippen LogP contribution is -2.59. The van der Waals surface area contributed by atoms with Crippen LogP contribution in [0, 0.1) is 17.6 Å². The Bertz CT molecular complexity index is 1220. The van der Waals surface area contributed by atoms with E-state index >= 15 is 0 Å². The number of rotatable bonds is 4. The van der Waals surface area contributed by atoms with Gasteiger partial charge < -0.3 is 9.64 Å². The summed E-state index contributed by atoms with van der Waals surface area (Å²) >= 11 is 0. The molecule has 0 spiro atoms. The second-order valence-electron chi connectivity index (χ2n) is 8.32. The molecule has 34 heavy (non-hydrogen) atoms. The molecule has 178 valence electrons. The van der Waals surface area contributed by atoms with Gasteiger partial charge in [-0.05, 0) is 43.4 Å². The molecule has 0 N–H and O–H groups in total. The molecule has 3 atom stereocenters. The summed E-state index contributed by atoms with van der Waals surface area (Å²) in [5.74, 6) is -2.88. The summed E-state index contributed by atoms with van der Waals surface area (Å²) in [6, 6.07) is 3.93. The summed E-state index contributed by atoms with van der Waals surface area (Å²) in [6.07, 6.45) is -0.313. The molecule has 2 saturated heterocycles. The fourth-order valence-electron chi connectivity index (χ4n) is 4.68. The third-order valence-electron chi connectivity index (χ3n) is 6.22. The van der Waals surface area contributed by atoms with Crippen molar-refractivity contribution in [3.8, 4) is 11.6 Å². The van der Waals surface area contributed by atoms with Gasteiger partial charge in [0.05, 0.1) is 29.6 Å². The van der Waals surface area contributed by atoms with Gasteiger partial charge in [-0.3, -0.25) is 4.79 Å². The molecule has 3 aromatic rings. The van der Waals surface area contributed by atoms with Crippen LogP contribution in [0.5, 0.6) is 5.88 Å². The topological polar surface area (TPSA) is 73.1 Å². The summed E-state index contributed by atoms with van der Waals surface area (Å²) in [4.78, 5) is 19.6. The lowest BCUT2D eigenvalue weighted by Gasteiger charge is -2.49. The molecule has 2 aromatic heterocycles.